The number of unbranched alkanes of at least 4 members (excludes halogenated alkanes) is 35. The summed E-state index contributed by atoms with van der Waals surface area (Å²) >= 11 is 0. The van der Waals surface area contributed by atoms with Gasteiger partial charge in [0, 0.05) is 19.3 Å². The molecule has 1 atom stereocenters. The summed E-state index contributed by atoms with van der Waals surface area (Å²) in [6.07, 6.45) is 97.2. The predicted molar refractivity (Wildman–Crippen MR) is 362 cm³/mol. The van der Waals surface area contributed by atoms with Gasteiger partial charge in [0.25, 0.3) is 0 Å². The molecule has 0 aromatic heterocycles. The number of hydrogen-bond acceptors (Lipinski definition) is 6. The van der Waals surface area contributed by atoms with Gasteiger partial charge in [-0.05, 0) is 89.9 Å². The van der Waals surface area contributed by atoms with Gasteiger partial charge >= 0.3 is 17.9 Å². The molecule has 0 saturated heterocycles. The van der Waals surface area contributed by atoms with Crippen LogP contribution in [0.15, 0.2) is 109 Å². The summed E-state index contributed by atoms with van der Waals surface area (Å²) in [4.78, 5) is 38.3. The summed E-state index contributed by atoms with van der Waals surface area (Å²) in [5.41, 5.74) is 0. The fourth-order valence-electron chi connectivity index (χ4n) is 10.1. The molecule has 0 spiro atoms. The van der Waals surface area contributed by atoms with E-state index in [1.165, 1.54) is 199 Å². The molecular formula is C77H132O6. The molecule has 0 fully saturated rings. The average molecular weight is 1150 g/mol. The van der Waals surface area contributed by atoms with Gasteiger partial charge in [0.15, 0.2) is 6.10 Å². The van der Waals surface area contributed by atoms with Gasteiger partial charge in [0.1, 0.15) is 13.2 Å². The van der Waals surface area contributed by atoms with Crippen molar-refractivity contribution in [2.45, 2.75) is 348 Å². The zero-order valence-electron chi connectivity index (χ0n) is 54.7. The Morgan fingerprint density at radius 2 is 0.494 bits per heavy atom. The van der Waals surface area contributed by atoms with E-state index in [0.29, 0.717) is 19.3 Å². The van der Waals surface area contributed by atoms with E-state index >= 15 is 0 Å². The lowest BCUT2D eigenvalue weighted by Gasteiger charge is -2.18. The van der Waals surface area contributed by atoms with E-state index in [1.807, 2.05) is 6.08 Å². The van der Waals surface area contributed by atoms with Crippen molar-refractivity contribution in [1.82, 2.24) is 0 Å². The lowest BCUT2D eigenvalue weighted by Crippen LogP contribution is -2.30. The molecule has 0 bridgehead atoms. The number of allylic oxidation sites excluding steroid dienone is 18. The molecule has 6 heteroatoms. The van der Waals surface area contributed by atoms with Crippen molar-refractivity contribution < 1.29 is 28.6 Å². The van der Waals surface area contributed by atoms with E-state index in [2.05, 4.69) is 124 Å². The average Bonchev–Trinajstić information content (AvgIpc) is 3.49. The Morgan fingerprint density at radius 1 is 0.253 bits per heavy atom. The van der Waals surface area contributed by atoms with Gasteiger partial charge in [-0.3, -0.25) is 14.4 Å². The summed E-state index contributed by atoms with van der Waals surface area (Å²) in [5, 5.41) is 0. The van der Waals surface area contributed by atoms with Crippen molar-refractivity contribution in [1.29, 1.82) is 0 Å². The maximum absolute atomic E-state index is 12.9. The summed E-state index contributed by atoms with van der Waals surface area (Å²) < 4.78 is 16.9. The van der Waals surface area contributed by atoms with E-state index in [9.17, 15) is 14.4 Å². The smallest absolute Gasteiger partial charge is 0.306 e. The molecule has 0 radical (unpaired) electrons. The minimum atomic E-state index is -0.805. The second-order valence-corrected chi connectivity index (χ2v) is 23.4. The molecule has 1 unspecified atom stereocenters. The molecule has 0 rings (SSSR count). The van der Waals surface area contributed by atoms with Gasteiger partial charge < -0.3 is 14.2 Å². The van der Waals surface area contributed by atoms with Crippen LogP contribution in [-0.4, -0.2) is 37.2 Å². The van der Waals surface area contributed by atoms with E-state index in [1.54, 1.807) is 0 Å². The van der Waals surface area contributed by atoms with Crippen LogP contribution in [0.2, 0.25) is 0 Å². The zero-order valence-corrected chi connectivity index (χ0v) is 54.7. The summed E-state index contributed by atoms with van der Waals surface area (Å²) in [7, 11) is 0. The van der Waals surface area contributed by atoms with Crippen LogP contribution in [0.1, 0.15) is 342 Å². The van der Waals surface area contributed by atoms with Crippen LogP contribution in [0.25, 0.3) is 0 Å². The first-order valence-electron chi connectivity index (χ1n) is 35.4. The van der Waals surface area contributed by atoms with Gasteiger partial charge in [-0.15, -0.1) is 0 Å². The summed E-state index contributed by atoms with van der Waals surface area (Å²) in [5.74, 6) is -0.964. The van der Waals surface area contributed by atoms with Crippen molar-refractivity contribution in [3.8, 4) is 0 Å². The van der Waals surface area contributed by atoms with Crippen LogP contribution in [0.3, 0.4) is 0 Å². The van der Waals surface area contributed by atoms with Crippen molar-refractivity contribution in [2.75, 3.05) is 13.2 Å². The molecule has 0 aromatic carbocycles. The molecule has 0 aliphatic carbocycles. The number of hydrogen-bond donors (Lipinski definition) is 0. The van der Waals surface area contributed by atoms with Crippen LogP contribution in [0.5, 0.6) is 0 Å². The highest BCUT2D eigenvalue weighted by atomic mass is 16.6. The minimum Gasteiger partial charge on any atom is -0.462 e. The van der Waals surface area contributed by atoms with Crippen LogP contribution in [-0.2, 0) is 28.6 Å². The normalized spacial score (nSPS) is 12.8. The first-order valence-corrected chi connectivity index (χ1v) is 35.4. The Bertz CT molecular complexity index is 1660. The third-order valence-corrected chi connectivity index (χ3v) is 15.3. The molecular weight excluding hydrogens is 1020 g/mol. The van der Waals surface area contributed by atoms with Crippen molar-refractivity contribution in [2.24, 2.45) is 0 Å². The first kappa shape index (κ1) is 79.1. The summed E-state index contributed by atoms with van der Waals surface area (Å²) in [6.45, 7) is 6.39. The van der Waals surface area contributed by atoms with E-state index in [-0.39, 0.29) is 37.5 Å². The quantitative estimate of drug-likeness (QED) is 0.0261. The highest BCUT2D eigenvalue weighted by molar-refractivity contribution is 5.71. The van der Waals surface area contributed by atoms with Gasteiger partial charge in [-0.25, -0.2) is 0 Å². The number of carbonyl (C=O) groups is 3. The Kier molecular flexibility index (Phi) is 67.2. The number of rotatable bonds is 64. The molecule has 83 heavy (non-hydrogen) atoms. The molecule has 0 aliphatic heterocycles. The summed E-state index contributed by atoms with van der Waals surface area (Å²) in [6, 6.07) is 0. The van der Waals surface area contributed by atoms with Gasteiger partial charge in [-0.1, -0.05) is 342 Å². The first-order chi connectivity index (χ1) is 41.0. The standard InChI is InChI=1S/C77H132O6/c1-4-7-10-13-16-19-22-25-27-29-31-32-33-34-35-36-37-38-39-40-41-42-43-44-46-47-49-52-55-58-61-64-67-70-76(79)82-73-74(72-81-75(78)69-66-63-60-57-54-51-24-21-18-15-12-9-6-3)83-77(80)71-68-65-62-59-56-53-50-48-45-30-28-26-23-20-17-14-11-8-5-2/h7,9-10,12,16,18-19,21,25,27,31-32,34-35,51,54,60,63,74H,4-6,8,11,13-15,17,20,22-24,26,28-30,33,36-50,52-53,55-59,61-62,64-73H2,1-3H3/b10-7-,12-9-,19-16-,21-18-,27-25-,32-31-,35-34-,54-51-,63-60-. The zero-order chi connectivity index (χ0) is 59.9. The Labute approximate surface area is 514 Å². The SMILES string of the molecule is CC/C=C\C/C=C\C/C=C\C/C=C\C/C=C\CCCCCCCCCCCCCCCCCCCC(=O)OCC(COC(=O)CC/C=C\C/C=C\C/C=C\C/C=C\CC)OC(=O)CCCCCCCCCCCCCCCCCCCCC. The van der Waals surface area contributed by atoms with Crippen LogP contribution >= 0.6 is 0 Å². The minimum absolute atomic E-state index is 0.0958. The third-order valence-electron chi connectivity index (χ3n) is 15.3. The van der Waals surface area contributed by atoms with E-state index < -0.39 is 6.10 Å². The monoisotopic (exact) mass is 1150 g/mol. The van der Waals surface area contributed by atoms with E-state index in [0.717, 1.165) is 96.3 Å². The molecule has 0 saturated carbocycles. The maximum Gasteiger partial charge on any atom is 0.306 e. The van der Waals surface area contributed by atoms with Gasteiger partial charge in [-0.2, -0.15) is 0 Å². The highest BCUT2D eigenvalue weighted by Crippen LogP contribution is 2.18. The number of ether oxygens (including phenoxy) is 3. The van der Waals surface area contributed by atoms with Gasteiger partial charge in [0.2, 0.25) is 0 Å². The van der Waals surface area contributed by atoms with E-state index in [4.69, 9.17) is 14.2 Å². The second-order valence-electron chi connectivity index (χ2n) is 23.4. The van der Waals surface area contributed by atoms with Crippen LogP contribution in [0.4, 0.5) is 0 Å². The van der Waals surface area contributed by atoms with Crippen molar-refractivity contribution in [3.05, 3.63) is 109 Å². The fourth-order valence-corrected chi connectivity index (χ4v) is 10.1. The van der Waals surface area contributed by atoms with Crippen molar-refractivity contribution >= 4 is 17.9 Å². The maximum atomic E-state index is 12.9. The highest BCUT2D eigenvalue weighted by Gasteiger charge is 2.19. The lowest BCUT2D eigenvalue weighted by molar-refractivity contribution is -0.166. The number of carbonyl (C=O) groups excluding carboxylic acids is 3. The molecule has 0 aromatic rings. The lowest BCUT2D eigenvalue weighted by atomic mass is 10.0. The fraction of sp³-hybridized carbons (Fsp3) is 0.727. The molecule has 0 aliphatic rings. The van der Waals surface area contributed by atoms with Crippen LogP contribution < -0.4 is 0 Å². The van der Waals surface area contributed by atoms with Crippen LogP contribution in [0, 0.1) is 0 Å². The predicted octanol–water partition coefficient (Wildman–Crippen LogP) is 24.6. The molecule has 476 valence electrons. The second kappa shape index (κ2) is 70.6. The molecule has 0 N–H and O–H groups in total. The largest absolute Gasteiger partial charge is 0.462 e. The topological polar surface area (TPSA) is 78.9 Å². The Hall–Kier alpha value is -3.93. The Balaban J connectivity index is 4.21. The number of esters is 3. The van der Waals surface area contributed by atoms with Crippen molar-refractivity contribution in [3.63, 3.8) is 0 Å². The van der Waals surface area contributed by atoms with Gasteiger partial charge in [0.05, 0.1) is 0 Å². The third kappa shape index (κ3) is 68.7. The molecule has 0 amide bonds. The Morgan fingerprint density at radius 3 is 0.807 bits per heavy atom. The molecule has 0 heterocycles. The molecule has 6 nitrogen and oxygen atoms in total.